The highest BCUT2D eigenvalue weighted by Gasteiger charge is 2.61. The number of carbonyl (C=O) groups is 4. The molecule has 2 aliphatic heterocycles. The molecule has 2 bridgehead atoms. The number of allylic oxidation sites excluding steroid dienone is 3. The first-order valence-electron chi connectivity index (χ1n) is 20.6. The predicted molar refractivity (Wildman–Crippen MR) is 209 cm³/mol. The molecular formula is C43H53N3O9S. The monoisotopic (exact) mass is 787 g/mol. The molecule has 1 aromatic heterocycles. The minimum absolute atomic E-state index is 0.0409. The molecule has 13 heteroatoms. The Balaban J connectivity index is 1.14. The van der Waals surface area contributed by atoms with Gasteiger partial charge in [-0.15, -0.1) is 6.58 Å². The summed E-state index contributed by atoms with van der Waals surface area (Å²) in [5, 5.41) is 0.665. The van der Waals surface area contributed by atoms with Crippen molar-refractivity contribution < 1.29 is 37.1 Å². The minimum atomic E-state index is -3.86. The van der Waals surface area contributed by atoms with E-state index in [1.807, 2.05) is 24.3 Å². The van der Waals surface area contributed by atoms with E-state index in [1.54, 1.807) is 16.7 Å². The van der Waals surface area contributed by atoms with Crippen LogP contribution >= 0.6 is 0 Å². The molecule has 2 aromatic rings. The van der Waals surface area contributed by atoms with Crippen LogP contribution in [0.1, 0.15) is 96.3 Å². The largest absolute Gasteiger partial charge is 0.473 e. The predicted octanol–water partition coefficient (Wildman–Crippen LogP) is 5.37. The van der Waals surface area contributed by atoms with Gasteiger partial charge in [0.15, 0.2) is 11.7 Å². The zero-order valence-electron chi connectivity index (χ0n) is 31.9. The second-order valence-corrected chi connectivity index (χ2v) is 19.1. The molecule has 7 atom stereocenters. The standard InChI is InChI=1S/C43H53N3O9S/c1-2-30-24-43(30,42(51)44-56(52,53)32-18-19-32)25-36(47)35-22-31-26-46(35)41(50)34(27-11-5-6-12-27)23-39(48)55-37-17-10-15-28(37)13-4-3-9-20-45-38(54-31)21-29-14-7-8-16-33(29)40(45)49/h2-4,7-8,14,16,21,27-28,30-32,34-35,37H,1,5-6,9-13,15,17-20,22-26H2,(H,44,51)/b4-3+/t28-,30-,31-,34+,35+,37-,43-/m1/s1. The van der Waals surface area contributed by atoms with Gasteiger partial charge in [-0.05, 0) is 93.4 Å². The molecule has 5 fully saturated rings. The Labute approximate surface area is 328 Å². The Hall–Kier alpha value is -4.26. The highest BCUT2D eigenvalue weighted by atomic mass is 32.2. The van der Waals surface area contributed by atoms with E-state index in [9.17, 15) is 32.4 Å². The van der Waals surface area contributed by atoms with Crippen molar-refractivity contribution in [2.24, 2.45) is 29.1 Å². The summed E-state index contributed by atoms with van der Waals surface area (Å²) in [5.74, 6) is -2.43. The molecule has 1 saturated heterocycles. The number of nitrogens with one attached hydrogen (secondary N) is 1. The summed E-state index contributed by atoms with van der Waals surface area (Å²) in [6.07, 6.45) is 13.3. The van der Waals surface area contributed by atoms with Gasteiger partial charge in [0, 0.05) is 30.8 Å². The van der Waals surface area contributed by atoms with Crippen LogP contribution in [0.3, 0.4) is 0 Å². The van der Waals surface area contributed by atoms with Gasteiger partial charge in [-0.25, -0.2) is 8.42 Å². The Bertz CT molecular complexity index is 2100. The average molecular weight is 788 g/mol. The van der Waals surface area contributed by atoms with Gasteiger partial charge in [-0.1, -0.05) is 49.3 Å². The number of Topliss-reactive ketones (excluding diaryl/α,β-unsaturated/α-hetero) is 1. The van der Waals surface area contributed by atoms with Gasteiger partial charge < -0.3 is 14.4 Å². The molecule has 4 aliphatic carbocycles. The van der Waals surface area contributed by atoms with Gasteiger partial charge in [0.2, 0.25) is 21.8 Å². The minimum Gasteiger partial charge on any atom is -0.473 e. The molecule has 0 radical (unpaired) electrons. The number of pyridine rings is 1. The molecular weight excluding hydrogens is 735 g/mol. The molecule has 2 amide bonds. The van der Waals surface area contributed by atoms with Crippen molar-refractivity contribution in [3.8, 4) is 5.88 Å². The van der Waals surface area contributed by atoms with Crippen molar-refractivity contribution in [2.45, 2.75) is 126 Å². The maximum Gasteiger partial charge on any atom is 0.306 e. The van der Waals surface area contributed by atoms with Gasteiger partial charge in [0.05, 0.1) is 35.6 Å². The number of nitrogens with zero attached hydrogens (tertiary/aromatic N) is 2. The van der Waals surface area contributed by atoms with Crippen LogP contribution in [0, 0.1) is 29.1 Å². The zero-order chi connectivity index (χ0) is 39.2. The van der Waals surface area contributed by atoms with Crippen LogP contribution in [0.5, 0.6) is 5.88 Å². The average Bonchev–Trinajstić information content (AvgIpc) is 3.96. The lowest BCUT2D eigenvalue weighted by Crippen LogP contribution is -2.47. The van der Waals surface area contributed by atoms with Gasteiger partial charge >= 0.3 is 5.97 Å². The molecule has 300 valence electrons. The summed E-state index contributed by atoms with van der Waals surface area (Å²) in [7, 11) is -3.86. The van der Waals surface area contributed by atoms with E-state index in [4.69, 9.17) is 9.47 Å². The molecule has 8 rings (SSSR count). The summed E-state index contributed by atoms with van der Waals surface area (Å²) in [5.41, 5.74) is -1.48. The van der Waals surface area contributed by atoms with E-state index in [2.05, 4.69) is 23.5 Å². The third-order valence-corrected chi connectivity index (χ3v) is 15.2. The number of rotatable bonds is 8. The van der Waals surface area contributed by atoms with Crippen LogP contribution in [0.2, 0.25) is 0 Å². The quantitative estimate of drug-likeness (QED) is 0.275. The molecule has 6 aliphatic rings. The van der Waals surface area contributed by atoms with Crippen molar-refractivity contribution in [2.75, 3.05) is 6.54 Å². The smallest absolute Gasteiger partial charge is 0.306 e. The number of carbonyl (C=O) groups excluding carboxylic acids is 4. The second kappa shape index (κ2) is 15.6. The third-order valence-electron chi connectivity index (χ3n) is 13.4. The molecule has 1 aromatic carbocycles. The summed E-state index contributed by atoms with van der Waals surface area (Å²) >= 11 is 0. The Morgan fingerprint density at radius 3 is 2.48 bits per heavy atom. The fourth-order valence-corrected chi connectivity index (χ4v) is 11.3. The van der Waals surface area contributed by atoms with Crippen molar-refractivity contribution in [1.82, 2.24) is 14.2 Å². The van der Waals surface area contributed by atoms with Crippen LogP contribution in [-0.4, -0.2) is 71.5 Å². The maximum atomic E-state index is 14.9. The van der Waals surface area contributed by atoms with E-state index in [0.29, 0.717) is 42.5 Å². The summed E-state index contributed by atoms with van der Waals surface area (Å²) in [6, 6.07) is 8.16. The van der Waals surface area contributed by atoms with Crippen LogP contribution in [0.4, 0.5) is 0 Å². The first kappa shape index (κ1) is 38.6. The number of fused-ring (bicyclic) bond motifs is 5. The lowest BCUT2D eigenvalue weighted by Gasteiger charge is -2.31. The number of esters is 1. The van der Waals surface area contributed by atoms with E-state index in [1.165, 1.54) is 4.90 Å². The number of hydrogen-bond acceptors (Lipinski definition) is 9. The second-order valence-electron chi connectivity index (χ2n) is 17.1. The number of ketones is 1. The molecule has 0 unspecified atom stereocenters. The first-order chi connectivity index (χ1) is 27.0. The summed E-state index contributed by atoms with van der Waals surface area (Å²) in [4.78, 5) is 72.4. The van der Waals surface area contributed by atoms with E-state index in [0.717, 1.165) is 51.4 Å². The number of amides is 2. The van der Waals surface area contributed by atoms with E-state index in [-0.39, 0.29) is 67.4 Å². The highest BCUT2D eigenvalue weighted by molar-refractivity contribution is 7.90. The molecule has 3 heterocycles. The lowest BCUT2D eigenvalue weighted by atomic mass is 9.86. The molecule has 56 heavy (non-hydrogen) atoms. The van der Waals surface area contributed by atoms with E-state index >= 15 is 0 Å². The van der Waals surface area contributed by atoms with E-state index < -0.39 is 56.5 Å². The Morgan fingerprint density at radius 2 is 1.73 bits per heavy atom. The van der Waals surface area contributed by atoms with Gasteiger partial charge in [-0.2, -0.15) is 0 Å². The lowest BCUT2D eigenvalue weighted by molar-refractivity contribution is -0.156. The number of sulfonamides is 1. The highest BCUT2D eigenvalue weighted by Crippen LogP contribution is 2.57. The van der Waals surface area contributed by atoms with Crippen molar-refractivity contribution >= 4 is 44.4 Å². The van der Waals surface area contributed by atoms with Crippen LogP contribution in [-0.2, 0) is 40.5 Å². The van der Waals surface area contributed by atoms with Crippen molar-refractivity contribution in [3.05, 3.63) is 65.5 Å². The molecule has 12 nitrogen and oxygen atoms in total. The van der Waals surface area contributed by atoms with Crippen LogP contribution < -0.4 is 15.0 Å². The first-order valence-corrected chi connectivity index (χ1v) is 22.2. The van der Waals surface area contributed by atoms with Crippen molar-refractivity contribution in [3.63, 3.8) is 0 Å². The Kier molecular flexibility index (Phi) is 10.7. The topological polar surface area (TPSA) is 158 Å². The third kappa shape index (κ3) is 7.72. The number of benzene rings is 1. The van der Waals surface area contributed by atoms with Gasteiger partial charge in [-0.3, -0.25) is 33.3 Å². The summed E-state index contributed by atoms with van der Waals surface area (Å²) < 4.78 is 42.3. The fourth-order valence-electron chi connectivity index (χ4n) is 9.94. The molecule has 0 spiro atoms. The fraction of sp³-hybridized carbons (Fsp3) is 0.605. The normalized spacial score (nSPS) is 32.0. The number of hydrogen-bond donors (Lipinski definition) is 1. The molecule has 1 N–H and O–H groups in total. The SMILES string of the molecule is C=C[C@@H]1C[C@]1(CC(=O)[C@@H]1C[C@@H]2CN1C(=O)[C@H](C1CCCC1)CC(=O)O[C@@H]1CCC[C@H]1C/C=C/CCn1c(cc3ccccc3c1=O)O2)C(=O)NS(=O)(=O)C1CC1. The van der Waals surface area contributed by atoms with Gasteiger partial charge in [0.1, 0.15) is 12.2 Å². The van der Waals surface area contributed by atoms with Crippen LogP contribution in [0.25, 0.3) is 10.8 Å². The number of aromatic nitrogens is 1. The zero-order valence-corrected chi connectivity index (χ0v) is 32.8. The summed E-state index contributed by atoms with van der Waals surface area (Å²) in [6.45, 7) is 4.24. The number of ether oxygens (including phenoxy) is 2. The molecule has 4 saturated carbocycles. The van der Waals surface area contributed by atoms with Crippen molar-refractivity contribution in [1.29, 1.82) is 0 Å². The Morgan fingerprint density at radius 1 is 0.964 bits per heavy atom. The van der Waals surface area contributed by atoms with Crippen LogP contribution in [0.15, 0.2) is 59.9 Å². The maximum absolute atomic E-state index is 14.9. The van der Waals surface area contributed by atoms with Gasteiger partial charge in [0.25, 0.3) is 5.56 Å².